The summed E-state index contributed by atoms with van der Waals surface area (Å²) < 4.78 is 38.4. The van der Waals surface area contributed by atoms with Crippen molar-refractivity contribution in [3.05, 3.63) is 18.2 Å². The fraction of sp³-hybridized carbons (Fsp3) is 0.600. The molecule has 170 valence electrons. The van der Waals surface area contributed by atoms with Gasteiger partial charge in [0, 0.05) is 38.8 Å². The predicted octanol–water partition coefficient (Wildman–Crippen LogP) is 0.991. The maximum Gasteiger partial charge on any atom is 0.322 e. The number of sulfonamides is 1. The molecule has 2 N–H and O–H groups in total. The Morgan fingerprint density at radius 2 is 1.81 bits per heavy atom. The topological polar surface area (TPSA) is 117 Å². The number of hydrogen-bond donors (Lipinski definition) is 2. The maximum atomic E-state index is 12.8. The molecule has 1 unspecified atom stereocenters. The average Bonchev–Trinajstić information content (AvgIpc) is 3.39. The highest BCUT2D eigenvalue weighted by Gasteiger charge is 2.32. The molecule has 1 aliphatic carbocycles. The molecule has 2 aliphatic heterocycles. The number of methoxy groups -OCH3 is 1. The SMILES string of the molecule is COc1ccc(S(=O)(=O)NC2CC2)cc1NC(=O)N1CCN(C(=O)C2CCCO2)CC1. The van der Waals surface area contributed by atoms with Crippen LogP contribution in [0.1, 0.15) is 25.7 Å². The summed E-state index contributed by atoms with van der Waals surface area (Å²) in [6, 6.07) is 3.99. The van der Waals surface area contributed by atoms with Crippen molar-refractivity contribution in [1.29, 1.82) is 0 Å². The fourth-order valence-corrected chi connectivity index (χ4v) is 5.07. The second kappa shape index (κ2) is 9.01. The molecule has 11 heteroatoms. The van der Waals surface area contributed by atoms with Gasteiger partial charge in [-0.15, -0.1) is 0 Å². The van der Waals surface area contributed by atoms with Crippen LogP contribution in [0.25, 0.3) is 0 Å². The fourth-order valence-electron chi connectivity index (χ4n) is 3.74. The Kier molecular flexibility index (Phi) is 6.35. The van der Waals surface area contributed by atoms with Crippen molar-refractivity contribution in [3.63, 3.8) is 0 Å². The van der Waals surface area contributed by atoms with E-state index in [1.54, 1.807) is 9.80 Å². The highest BCUT2D eigenvalue weighted by atomic mass is 32.2. The first-order valence-electron chi connectivity index (χ1n) is 10.5. The Morgan fingerprint density at radius 1 is 1.10 bits per heavy atom. The summed E-state index contributed by atoms with van der Waals surface area (Å²) in [4.78, 5) is 28.7. The number of amides is 3. The first kappa shape index (κ1) is 21.8. The van der Waals surface area contributed by atoms with Crippen LogP contribution in [-0.4, -0.2) is 82.2 Å². The largest absolute Gasteiger partial charge is 0.495 e. The Bertz CT molecular complexity index is 935. The third-order valence-corrected chi connectivity index (χ3v) is 7.22. The second-order valence-corrected chi connectivity index (χ2v) is 9.72. The summed E-state index contributed by atoms with van der Waals surface area (Å²) in [5.41, 5.74) is 0.282. The van der Waals surface area contributed by atoms with Gasteiger partial charge in [-0.2, -0.15) is 0 Å². The van der Waals surface area contributed by atoms with Gasteiger partial charge in [-0.3, -0.25) is 4.79 Å². The van der Waals surface area contributed by atoms with Gasteiger partial charge in [-0.1, -0.05) is 0 Å². The Balaban J connectivity index is 1.38. The molecule has 3 amide bonds. The molecule has 31 heavy (non-hydrogen) atoms. The number of piperazine rings is 1. The Morgan fingerprint density at radius 3 is 2.42 bits per heavy atom. The van der Waals surface area contributed by atoms with Gasteiger partial charge >= 0.3 is 6.03 Å². The first-order valence-corrected chi connectivity index (χ1v) is 12.0. The van der Waals surface area contributed by atoms with E-state index in [-0.39, 0.29) is 34.7 Å². The van der Waals surface area contributed by atoms with E-state index in [9.17, 15) is 18.0 Å². The van der Waals surface area contributed by atoms with Gasteiger partial charge in [-0.05, 0) is 43.9 Å². The van der Waals surface area contributed by atoms with Gasteiger partial charge < -0.3 is 24.6 Å². The van der Waals surface area contributed by atoms with E-state index in [4.69, 9.17) is 9.47 Å². The molecule has 0 bridgehead atoms. The van der Waals surface area contributed by atoms with Gasteiger partial charge in [0.25, 0.3) is 5.91 Å². The molecule has 2 saturated heterocycles. The van der Waals surface area contributed by atoms with Crippen LogP contribution in [0.2, 0.25) is 0 Å². The van der Waals surface area contributed by atoms with E-state index in [0.29, 0.717) is 38.5 Å². The average molecular weight is 453 g/mol. The van der Waals surface area contributed by atoms with Gasteiger partial charge in [-0.25, -0.2) is 17.9 Å². The number of hydrogen-bond acceptors (Lipinski definition) is 6. The minimum absolute atomic E-state index is 0.0136. The quantitative estimate of drug-likeness (QED) is 0.665. The Hall–Kier alpha value is -2.37. The molecule has 0 aromatic heterocycles. The lowest BCUT2D eigenvalue weighted by molar-refractivity contribution is -0.142. The normalized spacial score (nSPS) is 21.8. The predicted molar refractivity (Wildman–Crippen MR) is 112 cm³/mol. The van der Waals surface area contributed by atoms with Crippen molar-refractivity contribution in [2.24, 2.45) is 0 Å². The van der Waals surface area contributed by atoms with Crippen molar-refractivity contribution in [1.82, 2.24) is 14.5 Å². The van der Waals surface area contributed by atoms with E-state index in [2.05, 4.69) is 10.0 Å². The molecule has 10 nitrogen and oxygen atoms in total. The second-order valence-electron chi connectivity index (χ2n) is 8.00. The third-order valence-electron chi connectivity index (χ3n) is 5.71. The minimum Gasteiger partial charge on any atom is -0.495 e. The zero-order valence-corrected chi connectivity index (χ0v) is 18.3. The number of ether oxygens (including phenoxy) is 2. The van der Waals surface area contributed by atoms with Crippen LogP contribution in [0.5, 0.6) is 5.75 Å². The lowest BCUT2D eigenvalue weighted by Crippen LogP contribution is -2.53. The molecule has 3 fully saturated rings. The summed E-state index contributed by atoms with van der Waals surface area (Å²) in [5.74, 6) is 0.353. The molecule has 3 aliphatic rings. The van der Waals surface area contributed by atoms with Crippen LogP contribution < -0.4 is 14.8 Å². The van der Waals surface area contributed by atoms with Gasteiger partial charge in [0.2, 0.25) is 10.0 Å². The van der Waals surface area contributed by atoms with Crippen molar-refractivity contribution in [2.45, 2.75) is 42.7 Å². The molecule has 2 heterocycles. The number of urea groups is 1. The number of benzene rings is 1. The van der Waals surface area contributed by atoms with Gasteiger partial charge in [0.15, 0.2) is 0 Å². The first-order chi connectivity index (χ1) is 14.9. The number of rotatable bonds is 6. The minimum atomic E-state index is -3.66. The van der Waals surface area contributed by atoms with E-state index in [1.807, 2.05) is 0 Å². The number of carbonyl (C=O) groups excluding carboxylic acids is 2. The van der Waals surface area contributed by atoms with Crippen molar-refractivity contribution < 1.29 is 27.5 Å². The number of carbonyl (C=O) groups is 2. The van der Waals surface area contributed by atoms with Gasteiger partial charge in [0.1, 0.15) is 11.9 Å². The number of nitrogens with zero attached hydrogens (tertiary/aromatic N) is 2. The van der Waals surface area contributed by atoms with E-state index < -0.39 is 10.0 Å². The molecule has 1 aromatic rings. The zero-order valence-electron chi connectivity index (χ0n) is 17.5. The van der Waals surface area contributed by atoms with E-state index in [1.165, 1.54) is 25.3 Å². The smallest absolute Gasteiger partial charge is 0.322 e. The lowest BCUT2D eigenvalue weighted by Gasteiger charge is -2.35. The number of nitrogens with one attached hydrogen (secondary N) is 2. The molecule has 1 saturated carbocycles. The highest BCUT2D eigenvalue weighted by molar-refractivity contribution is 7.89. The molecular formula is C20H28N4O6S. The zero-order chi connectivity index (χ0) is 22.0. The summed E-state index contributed by atoms with van der Waals surface area (Å²) in [5, 5.41) is 2.75. The van der Waals surface area contributed by atoms with Crippen LogP contribution in [0, 0.1) is 0 Å². The van der Waals surface area contributed by atoms with Crippen molar-refractivity contribution in [2.75, 3.05) is 45.2 Å². The van der Waals surface area contributed by atoms with Crippen LogP contribution in [0.4, 0.5) is 10.5 Å². The molecule has 4 rings (SSSR count). The molecular weight excluding hydrogens is 424 g/mol. The van der Waals surface area contributed by atoms with Crippen LogP contribution in [0.15, 0.2) is 23.1 Å². The molecule has 1 aromatic carbocycles. The van der Waals surface area contributed by atoms with E-state index >= 15 is 0 Å². The van der Waals surface area contributed by atoms with Crippen molar-refractivity contribution in [3.8, 4) is 5.75 Å². The van der Waals surface area contributed by atoms with Crippen LogP contribution in [0.3, 0.4) is 0 Å². The van der Waals surface area contributed by atoms with Crippen molar-refractivity contribution >= 4 is 27.6 Å². The van der Waals surface area contributed by atoms with Crippen LogP contribution >= 0.6 is 0 Å². The van der Waals surface area contributed by atoms with Crippen LogP contribution in [-0.2, 0) is 19.6 Å². The van der Waals surface area contributed by atoms with E-state index in [0.717, 1.165) is 25.7 Å². The Labute approximate surface area is 181 Å². The molecule has 1 atom stereocenters. The summed E-state index contributed by atoms with van der Waals surface area (Å²) in [6.45, 7) is 2.25. The molecule has 0 spiro atoms. The highest BCUT2D eigenvalue weighted by Crippen LogP contribution is 2.29. The third kappa shape index (κ3) is 5.10. The summed E-state index contributed by atoms with van der Waals surface area (Å²) in [7, 11) is -2.20. The monoisotopic (exact) mass is 452 g/mol. The van der Waals surface area contributed by atoms with Gasteiger partial charge in [0.05, 0.1) is 17.7 Å². The molecule has 0 radical (unpaired) electrons. The maximum absolute atomic E-state index is 12.8. The standard InChI is InChI=1S/C20H28N4O6S/c1-29-17-7-6-15(31(27,28)22-14-4-5-14)13-16(17)21-20(26)24-10-8-23(9-11-24)19(25)18-3-2-12-30-18/h6-7,13-14,18,22H,2-5,8-12H2,1H3,(H,21,26). The summed E-state index contributed by atoms with van der Waals surface area (Å²) in [6.07, 6.45) is 2.94. The lowest BCUT2D eigenvalue weighted by atomic mass is 10.2. The summed E-state index contributed by atoms with van der Waals surface area (Å²) >= 11 is 0. The number of anilines is 1.